The summed E-state index contributed by atoms with van der Waals surface area (Å²) < 4.78 is 113. The molecule has 5 heterocycles. The minimum absolute atomic E-state index is 0.00552. The highest BCUT2D eigenvalue weighted by atomic mass is 32.2. The Labute approximate surface area is 602 Å². The van der Waals surface area contributed by atoms with Crippen LogP contribution >= 0.6 is 0 Å². The lowest BCUT2D eigenvalue weighted by Crippen LogP contribution is -2.69. The first-order valence-corrected chi connectivity index (χ1v) is 53.5. The van der Waals surface area contributed by atoms with Gasteiger partial charge in [-0.15, -0.1) is 0 Å². The Kier molecular flexibility index (Phi) is 28.9. The Hall–Kier alpha value is -1.50. The van der Waals surface area contributed by atoms with E-state index >= 15 is 0 Å². The van der Waals surface area contributed by atoms with Crippen molar-refractivity contribution in [1.82, 2.24) is 0 Å². The molecule has 0 radical (unpaired) electrons. The number of sulfone groups is 1. The Morgan fingerprint density at radius 2 is 1.19 bits per heavy atom. The summed E-state index contributed by atoms with van der Waals surface area (Å²) in [7, 11) is -12.5. The maximum atomic E-state index is 14.4. The highest BCUT2D eigenvalue weighted by Crippen LogP contribution is 2.49. The molecule has 564 valence electrons. The SMILES string of the molecule is C=C1CC(CCC/C=C/C(O[Si](C)(C)C(C)(C)C)[C@@H]2O[C@H]3CCC(CC(=O)OC)O[C@@H]3C(O[Si](C)(C)C(C)(C)C)C2O[Si](C)(C)C(C)(C)C)OC1CCC1C[C@@H](C)C(=C)C(CC2O[C@H](CC(CO[Si](C)(C)C(C)(C)C)O[Si](C)(C)C(C)(C)C)[C@H](OC)[C@H]2CS(=O)(=O)c2ccccc2)O1. The van der Waals surface area contributed by atoms with Gasteiger partial charge in [0.1, 0.15) is 24.4 Å². The van der Waals surface area contributed by atoms with Crippen LogP contribution in [0.15, 0.2) is 71.7 Å². The molecule has 0 spiro atoms. The van der Waals surface area contributed by atoms with E-state index in [2.05, 4.69) is 202 Å². The Morgan fingerprint density at radius 3 is 1.76 bits per heavy atom. The summed E-state index contributed by atoms with van der Waals surface area (Å²) in [6.07, 6.45) is 7.76. The number of rotatable bonds is 30. The maximum Gasteiger partial charge on any atom is 0.308 e. The summed E-state index contributed by atoms with van der Waals surface area (Å²) in [5.41, 5.74) is 2.13. The quantitative estimate of drug-likeness (QED) is 0.0309. The summed E-state index contributed by atoms with van der Waals surface area (Å²) in [4.78, 5) is 13.0. The lowest BCUT2D eigenvalue weighted by molar-refractivity contribution is -0.267. The van der Waals surface area contributed by atoms with Gasteiger partial charge in [-0.3, -0.25) is 4.79 Å². The summed E-state index contributed by atoms with van der Waals surface area (Å²) in [6, 6.07) is 8.74. The molecule has 17 atom stereocenters. The number of methoxy groups -OCH3 is 2. The Morgan fingerprint density at radius 1 is 0.633 bits per heavy atom. The molecule has 0 saturated carbocycles. The van der Waals surface area contributed by atoms with Crippen LogP contribution in [0, 0.1) is 11.8 Å². The van der Waals surface area contributed by atoms with Crippen LogP contribution in [0.2, 0.25) is 90.7 Å². The molecule has 0 aliphatic carbocycles. The number of fused-ring (bicyclic) bond motifs is 1. The molecule has 6 rings (SSSR count). The molecule has 1 aromatic rings. The van der Waals surface area contributed by atoms with Gasteiger partial charge in [0, 0.05) is 25.9 Å². The second kappa shape index (κ2) is 33.1. The minimum Gasteiger partial charge on any atom is -0.469 e. The number of unbranched alkanes of at least 4 members (excludes halogenated alkanes) is 1. The largest absolute Gasteiger partial charge is 0.469 e. The molecule has 0 N–H and O–H groups in total. The smallest absolute Gasteiger partial charge is 0.308 e. The van der Waals surface area contributed by atoms with E-state index < -0.39 is 106 Å². The first-order valence-electron chi connectivity index (χ1n) is 37.3. The molecule has 98 heavy (non-hydrogen) atoms. The van der Waals surface area contributed by atoms with E-state index in [1.165, 1.54) is 7.11 Å². The third kappa shape index (κ3) is 21.8. The summed E-state index contributed by atoms with van der Waals surface area (Å²) in [6.45, 7) is 68.8. The molecule has 21 heteroatoms. The van der Waals surface area contributed by atoms with Crippen molar-refractivity contribution in [3.8, 4) is 0 Å². The van der Waals surface area contributed by atoms with Crippen molar-refractivity contribution in [1.29, 1.82) is 0 Å². The molecule has 15 nitrogen and oxygen atoms in total. The van der Waals surface area contributed by atoms with Crippen molar-refractivity contribution < 1.29 is 68.5 Å². The van der Waals surface area contributed by atoms with Crippen LogP contribution in [-0.4, -0.2) is 174 Å². The van der Waals surface area contributed by atoms with Crippen LogP contribution in [0.5, 0.6) is 0 Å². The van der Waals surface area contributed by atoms with Crippen LogP contribution in [0.3, 0.4) is 0 Å². The second-order valence-corrected chi connectivity index (χ2v) is 63.3. The van der Waals surface area contributed by atoms with E-state index in [0.29, 0.717) is 32.3 Å². The van der Waals surface area contributed by atoms with E-state index in [-0.39, 0.29) is 96.9 Å². The molecule has 5 aliphatic heterocycles. The van der Waals surface area contributed by atoms with E-state index in [4.69, 9.17) is 55.3 Å². The van der Waals surface area contributed by atoms with Crippen molar-refractivity contribution >= 4 is 57.4 Å². The van der Waals surface area contributed by atoms with Crippen LogP contribution < -0.4 is 0 Å². The van der Waals surface area contributed by atoms with Crippen LogP contribution in [0.1, 0.15) is 188 Å². The number of allylic oxidation sites excluding steroid dienone is 1. The van der Waals surface area contributed by atoms with Gasteiger partial charge in [0.15, 0.2) is 51.4 Å². The van der Waals surface area contributed by atoms with Crippen molar-refractivity contribution in [3.05, 3.63) is 66.8 Å². The predicted octanol–water partition coefficient (Wildman–Crippen LogP) is 18.7. The van der Waals surface area contributed by atoms with Crippen LogP contribution in [-0.2, 0) is 69.9 Å². The highest BCUT2D eigenvalue weighted by Gasteiger charge is 2.59. The zero-order valence-corrected chi connectivity index (χ0v) is 72.5. The van der Waals surface area contributed by atoms with Crippen LogP contribution in [0.25, 0.3) is 0 Å². The molecule has 0 bridgehead atoms. The molecule has 5 aliphatic rings. The first-order chi connectivity index (χ1) is 44.7. The molecule has 1 aromatic carbocycles. The fourth-order valence-electron chi connectivity index (χ4n) is 13.2. The topological polar surface area (TPSA) is 162 Å². The predicted molar refractivity (Wildman–Crippen MR) is 412 cm³/mol. The van der Waals surface area contributed by atoms with Crippen LogP contribution in [0.4, 0.5) is 0 Å². The molecule has 5 saturated heterocycles. The van der Waals surface area contributed by atoms with E-state index in [9.17, 15) is 13.2 Å². The van der Waals surface area contributed by atoms with Crippen molar-refractivity contribution in [2.75, 3.05) is 26.6 Å². The fraction of sp³-hybridized carbons (Fsp3) is 0.831. The van der Waals surface area contributed by atoms with Gasteiger partial charge >= 0.3 is 5.97 Å². The number of hydrogen-bond donors (Lipinski definition) is 0. The number of carbonyl (C=O) groups is 1. The monoisotopic (exact) mass is 1480 g/mol. The van der Waals surface area contributed by atoms with Gasteiger partial charge in [-0.1, -0.05) is 154 Å². The molecular weight excluding hydrogens is 1340 g/mol. The first kappa shape index (κ1) is 85.4. The Balaban J connectivity index is 1.18. The third-order valence-corrected chi connectivity index (χ3v) is 49.1. The number of carbonyl (C=O) groups excluding carboxylic acids is 1. The lowest BCUT2D eigenvalue weighted by Gasteiger charge is -2.56. The normalized spacial score (nSPS) is 30.1. The van der Waals surface area contributed by atoms with Gasteiger partial charge in [-0.05, 0) is 178 Å². The molecule has 0 aromatic heterocycles. The zero-order chi connectivity index (χ0) is 74.0. The lowest BCUT2D eigenvalue weighted by atomic mass is 9.83. The van der Waals surface area contributed by atoms with Gasteiger partial charge < -0.3 is 55.3 Å². The highest BCUT2D eigenvalue weighted by molar-refractivity contribution is 7.91. The van der Waals surface area contributed by atoms with E-state index in [1.807, 2.05) is 6.07 Å². The van der Waals surface area contributed by atoms with Gasteiger partial charge in [0.2, 0.25) is 0 Å². The van der Waals surface area contributed by atoms with Crippen molar-refractivity contribution in [2.45, 2.75) is 375 Å². The Bertz CT molecular complexity index is 2900. The van der Waals surface area contributed by atoms with Gasteiger partial charge in [-0.25, -0.2) is 8.42 Å². The maximum absolute atomic E-state index is 14.4. The molecule has 10 unspecified atom stereocenters. The number of ether oxygens (including phenoxy) is 7. The number of esters is 1. The fourth-order valence-corrected chi connectivity index (χ4v) is 21.1. The molecule has 0 amide bonds. The average molecular weight is 1480 g/mol. The second-order valence-electron chi connectivity index (χ2n) is 37.5. The molecule has 5 fully saturated rings. The number of benzene rings is 1. The average Bonchev–Trinajstić information content (AvgIpc) is 0.770. The van der Waals surface area contributed by atoms with Crippen molar-refractivity contribution in [2.24, 2.45) is 11.8 Å². The summed E-state index contributed by atoms with van der Waals surface area (Å²) in [5.74, 6) is -0.730. The van der Waals surface area contributed by atoms with Gasteiger partial charge in [-0.2, -0.15) is 0 Å². The zero-order valence-electron chi connectivity index (χ0n) is 66.7. The standard InChI is InChI=1S/C77H140O15SSi5/c1-52-45-56(85-64(54(52)3)49-65-60(51-93(79,80)59-38-34-32-35-39-59)68(82-20)66(87-65)47-58(89-95(23,24)74(7,8)9)50-83-94(21,22)73(4,5)6)41-43-61-53(2)46-55(84-61)37-33-31-36-40-63(90-96(25,26)75(10,11)12)70-72(92-98(29,30)77(16,17)18)71(91-97(27,28)76(13,14)15)69-62(88-70)44-42-57(86-69)48-67(78)81-19/h32,34-36,38-40,52,55-58,60-66,68-72H,2-3,31,33,37,41-51H2,1,4-30H3/b40-36+/t52-,55?,56?,57?,58?,60+,61?,62+,63?,64?,65?,66-,68-,69+,70+,71?,72?/m1/s1. The van der Waals surface area contributed by atoms with E-state index in [0.717, 1.165) is 56.1 Å². The third-order valence-electron chi connectivity index (χ3n) is 24.8. The van der Waals surface area contributed by atoms with Gasteiger partial charge in [0.25, 0.3) is 0 Å². The summed E-state index contributed by atoms with van der Waals surface area (Å²) >= 11 is 0. The molecular formula is C77H140O15SSi5. The summed E-state index contributed by atoms with van der Waals surface area (Å²) in [5, 5.41) is -0.332. The van der Waals surface area contributed by atoms with Gasteiger partial charge in [0.05, 0.1) is 97.9 Å². The number of hydrogen-bond acceptors (Lipinski definition) is 15. The van der Waals surface area contributed by atoms with Crippen molar-refractivity contribution in [3.63, 3.8) is 0 Å². The minimum atomic E-state index is -3.75. The van der Waals surface area contributed by atoms with E-state index in [1.54, 1.807) is 31.4 Å².